The van der Waals surface area contributed by atoms with Crippen molar-refractivity contribution in [2.24, 2.45) is 0 Å². The lowest BCUT2D eigenvalue weighted by Crippen LogP contribution is -2.68. The van der Waals surface area contributed by atoms with E-state index >= 15 is 0 Å². The Bertz CT molecular complexity index is 997. The van der Waals surface area contributed by atoms with Crippen LogP contribution in [0.3, 0.4) is 0 Å². The second-order valence-electron chi connectivity index (χ2n) is 7.13. The van der Waals surface area contributed by atoms with Crippen LogP contribution in [0, 0.1) is 0 Å². The normalized spacial score (nSPS) is 26.1. The highest BCUT2D eigenvalue weighted by Gasteiger charge is 2.64. The summed E-state index contributed by atoms with van der Waals surface area (Å²) in [5.74, 6) is -3.00. The fraction of sp³-hybridized carbons (Fsp3) is 0.412. The maximum atomic E-state index is 13.2. The van der Waals surface area contributed by atoms with Gasteiger partial charge in [-0.2, -0.15) is 13.2 Å². The second-order valence-corrected chi connectivity index (χ2v) is 8.90. The van der Waals surface area contributed by atoms with Crippen LogP contribution in [0.15, 0.2) is 24.3 Å². The number of rotatable bonds is 3. The standard InChI is InChI=1S/C17H15F3N4O3S/c1-16(2)10(14(26)27)24-12(25)9(13(24)28-16)22-11-7-5-3-4-6-8(7)21-15(23-11)17(18,19)20/h3-6,9-10,13H,1-2H3,(H,26,27)(H,21,22,23). The molecule has 2 aliphatic heterocycles. The Labute approximate surface area is 161 Å². The highest BCUT2D eigenvalue weighted by Crippen LogP contribution is 2.51. The van der Waals surface area contributed by atoms with Gasteiger partial charge in [0.2, 0.25) is 11.7 Å². The number of para-hydroxylation sites is 1. The summed E-state index contributed by atoms with van der Waals surface area (Å²) < 4.78 is 38.8. The van der Waals surface area contributed by atoms with Gasteiger partial charge in [-0.25, -0.2) is 14.8 Å². The van der Waals surface area contributed by atoms with E-state index in [0.29, 0.717) is 5.39 Å². The average Bonchev–Trinajstić information content (AvgIpc) is 2.86. The average molecular weight is 412 g/mol. The molecule has 4 rings (SSSR count). The number of carboxylic acids is 1. The first-order chi connectivity index (χ1) is 13.0. The summed E-state index contributed by atoms with van der Waals surface area (Å²) in [6, 6.07) is 4.31. The number of nitrogens with one attached hydrogen (secondary N) is 1. The molecule has 1 aromatic heterocycles. The second kappa shape index (κ2) is 5.97. The first-order valence-electron chi connectivity index (χ1n) is 8.34. The van der Waals surface area contributed by atoms with Crippen molar-refractivity contribution in [1.82, 2.24) is 14.9 Å². The number of hydrogen-bond acceptors (Lipinski definition) is 6. The zero-order chi connectivity index (χ0) is 20.4. The van der Waals surface area contributed by atoms with Crippen LogP contribution in [-0.4, -0.2) is 54.1 Å². The molecule has 0 bridgehead atoms. The summed E-state index contributed by atoms with van der Waals surface area (Å²) >= 11 is 1.30. The Morgan fingerprint density at radius 2 is 1.96 bits per heavy atom. The van der Waals surface area contributed by atoms with Crippen molar-refractivity contribution in [3.8, 4) is 0 Å². The summed E-state index contributed by atoms with van der Waals surface area (Å²) in [4.78, 5) is 32.6. The van der Waals surface area contributed by atoms with Crippen molar-refractivity contribution in [2.45, 2.75) is 42.2 Å². The number of anilines is 1. The Kier molecular flexibility index (Phi) is 4.00. The molecule has 1 amide bonds. The number of aliphatic carboxylic acids is 1. The van der Waals surface area contributed by atoms with Crippen LogP contribution in [0.4, 0.5) is 19.0 Å². The molecule has 2 aromatic rings. The van der Waals surface area contributed by atoms with Crippen molar-refractivity contribution >= 4 is 40.4 Å². The predicted molar refractivity (Wildman–Crippen MR) is 95.7 cm³/mol. The maximum Gasteiger partial charge on any atom is 0.451 e. The number of amides is 1. The van der Waals surface area contributed by atoms with Crippen LogP contribution in [0.25, 0.3) is 10.9 Å². The summed E-state index contributed by atoms with van der Waals surface area (Å²) in [6.45, 7) is 3.45. The van der Waals surface area contributed by atoms with E-state index < -0.39 is 46.1 Å². The molecule has 3 atom stereocenters. The van der Waals surface area contributed by atoms with Gasteiger partial charge in [0.1, 0.15) is 23.3 Å². The van der Waals surface area contributed by atoms with Gasteiger partial charge in [-0.3, -0.25) is 4.79 Å². The Morgan fingerprint density at radius 3 is 2.61 bits per heavy atom. The number of β-lactam (4-membered cyclic amide) rings is 1. The molecular weight excluding hydrogens is 397 g/mol. The number of benzene rings is 1. The Hall–Kier alpha value is -2.56. The van der Waals surface area contributed by atoms with Crippen molar-refractivity contribution < 1.29 is 27.9 Å². The number of aromatic nitrogens is 2. The summed E-state index contributed by atoms with van der Waals surface area (Å²) in [5.41, 5.74) is 0.0961. The molecule has 2 fully saturated rings. The lowest BCUT2D eigenvalue weighted by molar-refractivity contribution is -0.158. The third-order valence-corrected chi connectivity index (χ3v) is 6.40. The van der Waals surface area contributed by atoms with E-state index in [2.05, 4.69) is 15.3 Å². The van der Waals surface area contributed by atoms with Crippen LogP contribution in [0.1, 0.15) is 19.7 Å². The monoisotopic (exact) mass is 412 g/mol. The van der Waals surface area contributed by atoms with Gasteiger partial charge in [-0.15, -0.1) is 11.8 Å². The number of alkyl halides is 3. The van der Waals surface area contributed by atoms with E-state index in [1.54, 1.807) is 32.0 Å². The number of hydrogen-bond donors (Lipinski definition) is 2. The smallest absolute Gasteiger partial charge is 0.451 e. The molecular formula is C17H15F3N4O3S. The summed E-state index contributed by atoms with van der Waals surface area (Å²) in [5, 5.41) is 12.1. The molecule has 0 saturated carbocycles. The molecule has 0 aliphatic carbocycles. The zero-order valence-corrected chi connectivity index (χ0v) is 15.5. The Balaban J connectivity index is 1.70. The van der Waals surface area contributed by atoms with Gasteiger partial charge in [0.15, 0.2) is 0 Å². The number of nitrogens with zero attached hydrogens (tertiary/aromatic N) is 3. The van der Waals surface area contributed by atoms with Crippen LogP contribution in [-0.2, 0) is 15.8 Å². The maximum absolute atomic E-state index is 13.2. The number of thioether (sulfide) groups is 1. The predicted octanol–water partition coefficient (Wildman–Crippen LogP) is 2.58. The fourth-order valence-electron chi connectivity index (χ4n) is 3.61. The lowest BCUT2D eigenvalue weighted by atomic mass is 9.96. The van der Waals surface area contributed by atoms with Gasteiger partial charge in [0.25, 0.3) is 0 Å². The third-order valence-electron chi connectivity index (χ3n) is 4.82. The first-order valence-corrected chi connectivity index (χ1v) is 9.22. The van der Waals surface area contributed by atoms with Crippen molar-refractivity contribution in [1.29, 1.82) is 0 Å². The lowest BCUT2D eigenvalue weighted by Gasteiger charge is -2.43. The van der Waals surface area contributed by atoms with E-state index in [1.165, 1.54) is 22.7 Å². The molecule has 148 valence electrons. The van der Waals surface area contributed by atoms with Crippen molar-refractivity contribution in [3.05, 3.63) is 30.1 Å². The van der Waals surface area contributed by atoms with Gasteiger partial charge in [0, 0.05) is 10.1 Å². The minimum Gasteiger partial charge on any atom is -0.480 e. The van der Waals surface area contributed by atoms with E-state index in [0.717, 1.165) is 0 Å². The van der Waals surface area contributed by atoms with Gasteiger partial charge < -0.3 is 15.3 Å². The molecule has 0 radical (unpaired) electrons. The van der Waals surface area contributed by atoms with Crippen LogP contribution in [0.5, 0.6) is 0 Å². The minimum atomic E-state index is -4.74. The highest BCUT2D eigenvalue weighted by atomic mass is 32.2. The molecule has 2 N–H and O–H groups in total. The van der Waals surface area contributed by atoms with E-state index in [1.807, 2.05) is 0 Å². The summed E-state index contributed by atoms with van der Waals surface area (Å²) in [6.07, 6.45) is -4.74. The quantitative estimate of drug-likeness (QED) is 0.748. The molecule has 2 aliphatic rings. The fourth-order valence-corrected chi connectivity index (χ4v) is 5.23. The van der Waals surface area contributed by atoms with Gasteiger partial charge >= 0.3 is 12.1 Å². The molecule has 7 nitrogen and oxygen atoms in total. The number of carbonyl (C=O) groups excluding carboxylic acids is 1. The van der Waals surface area contributed by atoms with Crippen LogP contribution >= 0.6 is 11.8 Å². The molecule has 0 spiro atoms. The van der Waals surface area contributed by atoms with Gasteiger partial charge in [0.05, 0.1) is 5.52 Å². The molecule has 3 heterocycles. The number of carbonyl (C=O) groups is 2. The topological polar surface area (TPSA) is 95.4 Å². The third kappa shape index (κ3) is 2.76. The van der Waals surface area contributed by atoms with Gasteiger partial charge in [-0.1, -0.05) is 12.1 Å². The molecule has 2 saturated heterocycles. The molecule has 3 unspecified atom stereocenters. The number of fused-ring (bicyclic) bond motifs is 2. The number of carboxylic acid groups (broad SMARTS) is 1. The SMILES string of the molecule is CC1(C)SC2C(Nc3nc(C(F)(F)F)nc4ccccc34)C(=O)N2C1C(=O)O. The first kappa shape index (κ1) is 18.8. The van der Waals surface area contributed by atoms with E-state index in [4.69, 9.17) is 0 Å². The zero-order valence-electron chi connectivity index (χ0n) is 14.7. The van der Waals surface area contributed by atoms with Crippen molar-refractivity contribution in [2.75, 3.05) is 5.32 Å². The van der Waals surface area contributed by atoms with Crippen LogP contribution < -0.4 is 5.32 Å². The van der Waals surface area contributed by atoms with E-state index in [9.17, 15) is 27.9 Å². The minimum absolute atomic E-state index is 0.0961. The molecule has 11 heteroatoms. The van der Waals surface area contributed by atoms with E-state index in [-0.39, 0.29) is 11.3 Å². The number of halogens is 3. The molecule has 28 heavy (non-hydrogen) atoms. The molecule has 1 aromatic carbocycles. The van der Waals surface area contributed by atoms with Crippen LogP contribution in [0.2, 0.25) is 0 Å². The van der Waals surface area contributed by atoms with Gasteiger partial charge in [-0.05, 0) is 26.0 Å². The largest absolute Gasteiger partial charge is 0.480 e. The van der Waals surface area contributed by atoms with Crippen molar-refractivity contribution in [3.63, 3.8) is 0 Å². The highest BCUT2D eigenvalue weighted by molar-refractivity contribution is 8.01. The Morgan fingerprint density at radius 1 is 1.29 bits per heavy atom. The summed E-state index contributed by atoms with van der Waals surface area (Å²) in [7, 11) is 0.